The molecule has 0 saturated heterocycles. The Morgan fingerprint density at radius 1 is 0.867 bits per heavy atom. The predicted molar refractivity (Wildman–Crippen MR) is 120 cm³/mol. The van der Waals surface area contributed by atoms with Crippen molar-refractivity contribution in [3.63, 3.8) is 0 Å². The van der Waals surface area contributed by atoms with Crippen LogP contribution in [0.5, 0.6) is 0 Å². The van der Waals surface area contributed by atoms with Gasteiger partial charge in [0.2, 0.25) is 0 Å². The molecule has 0 aromatic heterocycles. The third-order valence-corrected chi connectivity index (χ3v) is 6.54. The molecule has 0 bridgehead atoms. The summed E-state index contributed by atoms with van der Waals surface area (Å²) in [5.41, 5.74) is 3.50. The first kappa shape index (κ1) is 20.4. The molecule has 3 heteroatoms. The maximum absolute atomic E-state index is 12.8. The van der Waals surface area contributed by atoms with Crippen LogP contribution in [0.2, 0.25) is 0 Å². The van der Waals surface area contributed by atoms with Crippen LogP contribution in [0.25, 0.3) is 0 Å². The SMILES string of the molecule is COC(=O)[C@@H]1CC(c2ccccc2)(c2ccccc2)C[C@H]1N[C@H](C)c1ccccc1. The van der Waals surface area contributed by atoms with Crippen molar-refractivity contribution in [3.05, 3.63) is 108 Å². The smallest absolute Gasteiger partial charge is 0.310 e. The van der Waals surface area contributed by atoms with E-state index in [0.29, 0.717) is 0 Å². The van der Waals surface area contributed by atoms with Gasteiger partial charge in [0.15, 0.2) is 0 Å². The van der Waals surface area contributed by atoms with Crippen LogP contribution in [0.15, 0.2) is 91.0 Å². The van der Waals surface area contributed by atoms with Crippen molar-refractivity contribution < 1.29 is 9.53 Å². The molecule has 1 aliphatic rings. The normalized spacial score (nSPS) is 21.1. The van der Waals surface area contributed by atoms with Crippen LogP contribution in [0.1, 0.15) is 42.5 Å². The molecule has 30 heavy (non-hydrogen) atoms. The Balaban J connectivity index is 1.73. The standard InChI is InChI=1S/C27H29NO2/c1-20(21-12-6-3-7-13-21)28-25-19-27(18-24(25)26(29)30-2,22-14-8-4-9-15-22)23-16-10-5-11-17-23/h3-17,20,24-25,28H,18-19H2,1-2H3/t20-,24-,25-/m1/s1. The van der Waals surface area contributed by atoms with Gasteiger partial charge in [0, 0.05) is 17.5 Å². The number of methoxy groups -OCH3 is 1. The van der Waals surface area contributed by atoms with E-state index >= 15 is 0 Å². The fourth-order valence-electron chi connectivity index (χ4n) is 5.00. The average Bonchev–Trinajstić information content (AvgIpc) is 3.20. The Hall–Kier alpha value is -2.91. The molecule has 3 aromatic carbocycles. The third-order valence-electron chi connectivity index (χ3n) is 6.54. The van der Waals surface area contributed by atoms with Gasteiger partial charge >= 0.3 is 5.97 Å². The lowest BCUT2D eigenvalue weighted by Gasteiger charge is -2.31. The summed E-state index contributed by atoms with van der Waals surface area (Å²) in [6, 6.07) is 31.7. The number of hydrogen-bond acceptors (Lipinski definition) is 3. The molecule has 0 heterocycles. The number of benzene rings is 3. The van der Waals surface area contributed by atoms with Gasteiger partial charge in [0.05, 0.1) is 13.0 Å². The van der Waals surface area contributed by atoms with E-state index in [1.807, 2.05) is 18.2 Å². The van der Waals surface area contributed by atoms with Crippen molar-refractivity contribution in [3.8, 4) is 0 Å². The maximum atomic E-state index is 12.8. The topological polar surface area (TPSA) is 38.3 Å². The largest absolute Gasteiger partial charge is 0.469 e. The van der Waals surface area contributed by atoms with E-state index in [1.165, 1.54) is 23.8 Å². The third kappa shape index (κ3) is 3.90. The maximum Gasteiger partial charge on any atom is 0.310 e. The zero-order valence-electron chi connectivity index (χ0n) is 17.6. The van der Waals surface area contributed by atoms with E-state index in [1.54, 1.807) is 0 Å². The van der Waals surface area contributed by atoms with Crippen LogP contribution in [-0.2, 0) is 14.9 Å². The summed E-state index contributed by atoms with van der Waals surface area (Å²) in [6.07, 6.45) is 1.57. The summed E-state index contributed by atoms with van der Waals surface area (Å²) in [7, 11) is 1.49. The summed E-state index contributed by atoms with van der Waals surface area (Å²) >= 11 is 0. The number of rotatable bonds is 6. The highest BCUT2D eigenvalue weighted by Gasteiger charge is 2.50. The van der Waals surface area contributed by atoms with E-state index in [9.17, 15) is 4.79 Å². The van der Waals surface area contributed by atoms with Gasteiger partial charge in [-0.1, -0.05) is 91.0 Å². The molecule has 0 amide bonds. The lowest BCUT2D eigenvalue weighted by molar-refractivity contribution is -0.146. The monoisotopic (exact) mass is 399 g/mol. The molecule has 1 N–H and O–H groups in total. The van der Waals surface area contributed by atoms with Crippen LogP contribution in [0.3, 0.4) is 0 Å². The van der Waals surface area contributed by atoms with E-state index in [-0.39, 0.29) is 29.4 Å². The first-order valence-electron chi connectivity index (χ1n) is 10.6. The quantitative estimate of drug-likeness (QED) is 0.574. The van der Waals surface area contributed by atoms with Gasteiger partial charge in [0.1, 0.15) is 0 Å². The van der Waals surface area contributed by atoms with Gasteiger partial charge < -0.3 is 10.1 Å². The number of carbonyl (C=O) groups is 1. The van der Waals surface area contributed by atoms with Gasteiger partial charge in [-0.05, 0) is 36.5 Å². The van der Waals surface area contributed by atoms with Crippen LogP contribution in [-0.4, -0.2) is 19.1 Å². The van der Waals surface area contributed by atoms with Crippen LogP contribution in [0, 0.1) is 5.92 Å². The Bertz CT molecular complexity index is 916. The molecular formula is C27H29NO2. The molecule has 4 rings (SSSR count). The number of carbonyl (C=O) groups excluding carboxylic acids is 1. The molecule has 0 spiro atoms. The van der Waals surface area contributed by atoms with Crippen molar-refractivity contribution in [2.24, 2.45) is 5.92 Å². The minimum atomic E-state index is -0.227. The van der Waals surface area contributed by atoms with Crippen LogP contribution >= 0.6 is 0 Å². The molecule has 0 aliphatic heterocycles. The Morgan fingerprint density at radius 2 is 1.37 bits per heavy atom. The van der Waals surface area contributed by atoms with Gasteiger partial charge in [-0.25, -0.2) is 0 Å². The highest BCUT2D eigenvalue weighted by Crippen LogP contribution is 2.49. The molecule has 0 unspecified atom stereocenters. The number of ether oxygens (including phenoxy) is 1. The van der Waals surface area contributed by atoms with Crippen LogP contribution in [0.4, 0.5) is 0 Å². The molecule has 1 fully saturated rings. The summed E-state index contributed by atoms with van der Waals surface area (Å²) in [6.45, 7) is 2.16. The molecule has 3 atom stereocenters. The van der Waals surface area contributed by atoms with E-state index in [2.05, 4.69) is 85.0 Å². The van der Waals surface area contributed by atoms with Crippen molar-refractivity contribution in [2.45, 2.75) is 37.3 Å². The Labute approximate surface area is 179 Å². The van der Waals surface area contributed by atoms with E-state index in [0.717, 1.165) is 12.8 Å². The number of nitrogens with one attached hydrogen (secondary N) is 1. The highest BCUT2D eigenvalue weighted by atomic mass is 16.5. The van der Waals surface area contributed by atoms with Gasteiger partial charge in [-0.15, -0.1) is 0 Å². The number of esters is 1. The van der Waals surface area contributed by atoms with E-state index in [4.69, 9.17) is 4.74 Å². The first-order chi connectivity index (χ1) is 14.6. The second-order valence-corrected chi connectivity index (χ2v) is 8.26. The minimum absolute atomic E-state index is 0.0214. The molecule has 1 saturated carbocycles. The second-order valence-electron chi connectivity index (χ2n) is 8.26. The van der Waals surface area contributed by atoms with E-state index < -0.39 is 0 Å². The lowest BCUT2D eigenvalue weighted by Crippen LogP contribution is -2.38. The summed E-state index contributed by atoms with van der Waals surface area (Å²) in [4.78, 5) is 12.8. The summed E-state index contributed by atoms with van der Waals surface area (Å²) in [5, 5.41) is 3.75. The van der Waals surface area contributed by atoms with Crippen LogP contribution < -0.4 is 5.32 Å². The first-order valence-corrected chi connectivity index (χ1v) is 10.6. The Morgan fingerprint density at radius 3 is 1.87 bits per heavy atom. The van der Waals surface area contributed by atoms with Crippen molar-refractivity contribution in [1.29, 1.82) is 0 Å². The highest BCUT2D eigenvalue weighted by molar-refractivity contribution is 5.74. The molecule has 1 aliphatic carbocycles. The molecule has 154 valence electrons. The van der Waals surface area contributed by atoms with Crippen molar-refractivity contribution in [2.75, 3.05) is 7.11 Å². The van der Waals surface area contributed by atoms with Gasteiger partial charge in [0.25, 0.3) is 0 Å². The zero-order chi connectivity index (χ0) is 21.0. The van der Waals surface area contributed by atoms with Gasteiger partial charge in [-0.2, -0.15) is 0 Å². The fourth-order valence-corrected chi connectivity index (χ4v) is 5.00. The molecule has 0 radical (unpaired) electrons. The Kier molecular flexibility index (Phi) is 6.01. The van der Waals surface area contributed by atoms with Crippen molar-refractivity contribution in [1.82, 2.24) is 5.32 Å². The summed E-state index contributed by atoms with van der Waals surface area (Å²) < 4.78 is 5.24. The average molecular weight is 400 g/mol. The molecule has 3 aromatic rings. The fraction of sp³-hybridized carbons (Fsp3) is 0.296. The minimum Gasteiger partial charge on any atom is -0.469 e. The van der Waals surface area contributed by atoms with Crippen molar-refractivity contribution >= 4 is 5.97 Å². The molecular weight excluding hydrogens is 370 g/mol. The number of hydrogen-bond donors (Lipinski definition) is 1. The lowest BCUT2D eigenvalue weighted by atomic mass is 9.72. The zero-order valence-corrected chi connectivity index (χ0v) is 17.6. The predicted octanol–water partition coefficient (Wildman–Crippen LogP) is 5.28. The van der Waals surface area contributed by atoms with Gasteiger partial charge in [-0.3, -0.25) is 4.79 Å². The summed E-state index contributed by atoms with van der Waals surface area (Å²) in [5.74, 6) is -0.344. The molecule has 3 nitrogen and oxygen atoms in total. The second kappa shape index (κ2) is 8.85.